The Morgan fingerprint density at radius 2 is 1.94 bits per heavy atom. The molecule has 0 aliphatic heterocycles. The molecule has 0 fully saturated rings. The highest BCUT2D eigenvalue weighted by atomic mass is 16.5. The lowest BCUT2D eigenvalue weighted by molar-refractivity contribution is 0.206. The Morgan fingerprint density at radius 3 is 2.50 bits per heavy atom. The molecule has 0 spiro atoms. The largest absolute Gasteiger partial charge is 0.491 e. The van der Waals surface area contributed by atoms with E-state index in [2.05, 4.69) is 19.8 Å². The first-order valence-corrected chi connectivity index (χ1v) is 5.99. The molecule has 86 valence electrons. The molecule has 0 saturated carbocycles. The van der Waals surface area contributed by atoms with Gasteiger partial charge in [0.25, 0.3) is 0 Å². The molecule has 0 heterocycles. The molecule has 0 aliphatic carbocycles. The lowest BCUT2D eigenvalue weighted by atomic mass is 10.1. The highest BCUT2D eigenvalue weighted by Gasteiger charge is 2.03. The topological polar surface area (TPSA) is 9.23 Å². The fourth-order valence-corrected chi connectivity index (χ4v) is 1.60. The second kappa shape index (κ2) is 6.95. The van der Waals surface area contributed by atoms with Crippen molar-refractivity contribution in [2.24, 2.45) is 0 Å². The van der Waals surface area contributed by atoms with Crippen LogP contribution in [0.3, 0.4) is 0 Å². The van der Waals surface area contributed by atoms with E-state index < -0.39 is 0 Å². The predicted octanol–water partition coefficient (Wildman–Crippen LogP) is 4.02. The summed E-state index contributed by atoms with van der Waals surface area (Å²) in [5.41, 5.74) is 0.894. The number of hydrogen-bond acceptors (Lipinski definition) is 1. The summed E-state index contributed by atoms with van der Waals surface area (Å²) in [5.74, 6) is 3.50. The summed E-state index contributed by atoms with van der Waals surface area (Å²) >= 11 is 0. The average molecular weight is 216 g/mol. The van der Waals surface area contributed by atoms with Crippen LogP contribution in [-0.4, -0.2) is 6.10 Å². The van der Waals surface area contributed by atoms with E-state index in [9.17, 15) is 0 Å². The highest BCUT2D eigenvalue weighted by molar-refractivity contribution is 5.36. The third-order valence-corrected chi connectivity index (χ3v) is 2.57. The van der Waals surface area contributed by atoms with E-state index >= 15 is 0 Å². The number of hydrogen-bond donors (Lipinski definition) is 0. The van der Waals surface area contributed by atoms with Gasteiger partial charge in [0.15, 0.2) is 0 Å². The van der Waals surface area contributed by atoms with Crippen LogP contribution in [0.5, 0.6) is 5.75 Å². The van der Waals surface area contributed by atoms with E-state index in [1.807, 2.05) is 24.3 Å². The van der Waals surface area contributed by atoms with Crippen molar-refractivity contribution in [2.45, 2.75) is 45.6 Å². The maximum atomic E-state index is 5.79. The fraction of sp³-hybridized carbons (Fsp3) is 0.467. The SMILES string of the molecule is C#Cc1ccc(O[C@@H](C)CCCCC)cc1. The first kappa shape index (κ1) is 12.6. The number of rotatable bonds is 6. The molecule has 0 unspecified atom stereocenters. The smallest absolute Gasteiger partial charge is 0.119 e. The Bertz CT molecular complexity index is 331. The van der Waals surface area contributed by atoms with Crippen molar-refractivity contribution in [3.63, 3.8) is 0 Å². The molecule has 0 aliphatic rings. The van der Waals surface area contributed by atoms with Crippen molar-refractivity contribution in [3.05, 3.63) is 29.8 Å². The summed E-state index contributed by atoms with van der Waals surface area (Å²) in [6, 6.07) is 7.69. The van der Waals surface area contributed by atoms with Crippen LogP contribution in [0, 0.1) is 12.3 Å². The third kappa shape index (κ3) is 4.40. The number of terminal acetylenes is 1. The quantitative estimate of drug-likeness (QED) is 0.515. The molecule has 0 amide bonds. The van der Waals surface area contributed by atoms with Crippen molar-refractivity contribution in [2.75, 3.05) is 0 Å². The lowest BCUT2D eigenvalue weighted by Gasteiger charge is -2.14. The fourth-order valence-electron chi connectivity index (χ4n) is 1.60. The van der Waals surface area contributed by atoms with Gasteiger partial charge in [0.2, 0.25) is 0 Å². The van der Waals surface area contributed by atoms with Crippen LogP contribution in [0.1, 0.15) is 45.1 Å². The van der Waals surface area contributed by atoms with Gasteiger partial charge in [-0.25, -0.2) is 0 Å². The second-order valence-corrected chi connectivity index (χ2v) is 4.09. The van der Waals surface area contributed by atoms with Crippen molar-refractivity contribution < 1.29 is 4.74 Å². The van der Waals surface area contributed by atoms with Gasteiger partial charge in [0.05, 0.1) is 6.10 Å². The van der Waals surface area contributed by atoms with Crippen LogP contribution in [0.4, 0.5) is 0 Å². The minimum absolute atomic E-state index is 0.281. The first-order valence-electron chi connectivity index (χ1n) is 5.99. The number of benzene rings is 1. The molecule has 1 aromatic carbocycles. The molecule has 0 saturated heterocycles. The van der Waals surface area contributed by atoms with Crippen molar-refractivity contribution in [1.82, 2.24) is 0 Å². The van der Waals surface area contributed by atoms with Gasteiger partial charge in [-0.15, -0.1) is 6.42 Å². The maximum absolute atomic E-state index is 5.79. The number of ether oxygens (including phenoxy) is 1. The second-order valence-electron chi connectivity index (χ2n) is 4.09. The zero-order chi connectivity index (χ0) is 11.8. The predicted molar refractivity (Wildman–Crippen MR) is 68.6 cm³/mol. The van der Waals surface area contributed by atoms with E-state index in [4.69, 9.17) is 11.2 Å². The van der Waals surface area contributed by atoms with Gasteiger partial charge < -0.3 is 4.74 Å². The minimum Gasteiger partial charge on any atom is -0.491 e. The van der Waals surface area contributed by atoms with Crippen molar-refractivity contribution in [1.29, 1.82) is 0 Å². The molecule has 0 N–H and O–H groups in total. The van der Waals surface area contributed by atoms with Crippen LogP contribution < -0.4 is 4.74 Å². The normalized spacial score (nSPS) is 11.8. The van der Waals surface area contributed by atoms with Crippen molar-refractivity contribution in [3.8, 4) is 18.1 Å². The molecule has 1 aromatic rings. The minimum atomic E-state index is 0.281. The summed E-state index contributed by atoms with van der Waals surface area (Å²) in [6.45, 7) is 4.33. The summed E-state index contributed by atoms with van der Waals surface area (Å²) in [6.07, 6.45) is 10.5. The Morgan fingerprint density at radius 1 is 1.25 bits per heavy atom. The molecule has 16 heavy (non-hydrogen) atoms. The summed E-state index contributed by atoms with van der Waals surface area (Å²) in [5, 5.41) is 0. The molecule has 1 atom stereocenters. The standard InChI is InChI=1S/C15H20O/c1-4-6-7-8-13(3)16-15-11-9-14(5-2)10-12-15/h2,9-13H,4,6-8H2,1,3H3/t13-/m0/s1. The monoisotopic (exact) mass is 216 g/mol. The lowest BCUT2D eigenvalue weighted by Crippen LogP contribution is -2.11. The maximum Gasteiger partial charge on any atom is 0.119 e. The van der Waals surface area contributed by atoms with Gasteiger partial charge in [0.1, 0.15) is 5.75 Å². The van der Waals surface area contributed by atoms with E-state index in [0.717, 1.165) is 17.7 Å². The van der Waals surface area contributed by atoms with Crippen LogP contribution in [0.25, 0.3) is 0 Å². The van der Waals surface area contributed by atoms with Crippen LogP contribution >= 0.6 is 0 Å². The molecule has 1 heteroatoms. The van der Waals surface area contributed by atoms with E-state index in [1.54, 1.807) is 0 Å². The van der Waals surface area contributed by atoms with Gasteiger partial charge in [-0.05, 0) is 44.0 Å². The molecule has 0 bridgehead atoms. The van der Waals surface area contributed by atoms with Gasteiger partial charge >= 0.3 is 0 Å². The number of unbranched alkanes of at least 4 members (excludes halogenated alkanes) is 2. The summed E-state index contributed by atoms with van der Waals surface area (Å²) < 4.78 is 5.79. The Hall–Kier alpha value is -1.42. The van der Waals surface area contributed by atoms with Gasteiger partial charge in [-0.2, -0.15) is 0 Å². The zero-order valence-electron chi connectivity index (χ0n) is 10.2. The van der Waals surface area contributed by atoms with E-state index in [-0.39, 0.29) is 6.10 Å². The highest BCUT2D eigenvalue weighted by Crippen LogP contribution is 2.15. The van der Waals surface area contributed by atoms with Crippen molar-refractivity contribution >= 4 is 0 Å². The Kier molecular flexibility index (Phi) is 5.50. The molecule has 1 rings (SSSR count). The molecular formula is C15H20O. The van der Waals surface area contributed by atoms with Crippen LogP contribution in [0.2, 0.25) is 0 Å². The van der Waals surface area contributed by atoms with E-state index in [0.29, 0.717) is 0 Å². The Balaban J connectivity index is 2.38. The Labute approximate surface area is 98.8 Å². The molecular weight excluding hydrogens is 196 g/mol. The summed E-state index contributed by atoms with van der Waals surface area (Å²) in [4.78, 5) is 0. The molecule has 0 radical (unpaired) electrons. The van der Waals surface area contributed by atoms with Crippen LogP contribution in [-0.2, 0) is 0 Å². The third-order valence-electron chi connectivity index (χ3n) is 2.57. The molecule has 1 nitrogen and oxygen atoms in total. The van der Waals surface area contributed by atoms with Gasteiger partial charge in [0, 0.05) is 5.56 Å². The molecule has 0 aromatic heterocycles. The van der Waals surface area contributed by atoms with E-state index in [1.165, 1.54) is 19.3 Å². The summed E-state index contributed by atoms with van der Waals surface area (Å²) in [7, 11) is 0. The van der Waals surface area contributed by atoms with Crippen LogP contribution in [0.15, 0.2) is 24.3 Å². The zero-order valence-corrected chi connectivity index (χ0v) is 10.2. The van der Waals surface area contributed by atoms with Gasteiger partial charge in [-0.1, -0.05) is 25.7 Å². The average Bonchev–Trinajstić information content (AvgIpc) is 2.30. The first-order chi connectivity index (χ1) is 7.76. The van der Waals surface area contributed by atoms with Gasteiger partial charge in [-0.3, -0.25) is 0 Å².